The van der Waals surface area contributed by atoms with Crippen LogP contribution in [0.3, 0.4) is 0 Å². The quantitative estimate of drug-likeness (QED) is 0.682. The van der Waals surface area contributed by atoms with Crippen LogP contribution in [0.2, 0.25) is 5.15 Å². The number of hydrogen-bond acceptors (Lipinski definition) is 2. The van der Waals surface area contributed by atoms with Gasteiger partial charge in [0.15, 0.2) is 0 Å². The highest BCUT2D eigenvalue weighted by atomic mass is 35.5. The van der Waals surface area contributed by atoms with E-state index < -0.39 is 0 Å². The van der Waals surface area contributed by atoms with Gasteiger partial charge >= 0.3 is 0 Å². The van der Waals surface area contributed by atoms with Crippen molar-refractivity contribution < 1.29 is 0 Å². The van der Waals surface area contributed by atoms with Crippen LogP contribution in [0.15, 0.2) is 24.9 Å². The van der Waals surface area contributed by atoms with Crippen molar-refractivity contribution in [2.24, 2.45) is 5.73 Å². The van der Waals surface area contributed by atoms with Crippen LogP contribution in [0, 0.1) is 0 Å². The molecule has 0 bridgehead atoms. The van der Waals surface area contributed by atoms with Gasteiger partial charge in [-0.1, -0.05) is 18.2 Å². The molecule has 2 aromatic heterocycles. The van der Waals surface area contributed by atoms with Gasteiger partial charge in [-0.05, 0) is 12.1 Å². The lowest BCUT2D eigenvalue weighted by Crippen LogP contribution is -1.92. The highest BCUT2D eigenvalue weighted by molar-refractivity contribution is 6.30. The van der Waals surface area contributed by atoms with Gasteiger partial charge in [0.1, 0.15) is 5.15 Å². The summed E-state index contributed by atoms with van der Waals surface area (Å²) in [4.78, 5) is 7.02. The summed E-state index contributed by atoms with van der Waals surface area (Å²) in [6.45, 7) is 3.64. The van der Waals surface area contributed by atoms with Crippen molar-refractivity contribution in [1.29, 1.82) is 0 Å². The molecule has 0 aromatic carbocycles. The smallest absolute Gasteiger partial charge is 0.129 e. The number of hydrogen-bond donors (Lipinski definition) is 2. The molecule has 0 amide bonds. The minimum atomic E-state index is 0.473. The molecule has 0 aliphatic heterocycles. The molecule has 0 saturated heterocycles. The third-order valence-electron chi connectivity index (χ3n) is 1.82. The molecule has 0 aliphatic rings. The van der Waals surface area contributed by atoms with Crippen LogP contribution in [0.25, 0.3) is 16.6 Å². The number of aromatic amines is 1. The summed E-state index contributed by atoms with van der Waals surface area (Å²) >= 11 is 5.73. The second kappa shape index (κ2) is 2.78. The fourth-order valence-corrected chi connectivity index (χ4v) is 1.34. The van der Waals surface area contributed by atoms with E-state index in [1.165, 1.54) is 0 Å². The topological polar surface area (TPSA) is 54.7 Å². The second-order valence-electron chi connectivity index (χ2n) is 2.80. The molecule has 4 heteroatoms. The highest BCUT2D eigenvalue weighted by Gasteiger charge is 2.02. The maximum absolute atomic E-state index is 5.73. The van der Waals surface area contributed by atoms with E-state index in [1.54, 1.807) is 12.3 Å². The van der Waals surface area contributed by atoms with E-state index in [2.05, 4.69) is 16.5 Å². The first kappa shape index (κ1) is 8.13. The normalized spacial score (nSPS) is 10.5. The Bertz CT molecular complexity index is 473. The van der Waals surface area contributed by atoms with Crippen LogP contribution < -0.4 is 5.73 Å². The molecule has 13 heavy (non-hydrogen) atoms. The summed E-state index contributed by atoms with van der Waals surface area (Å²) in [6.07, 6.45) is 1.67. The van der Waals surface area contributed by atoms with E-state index >= 15 is 0 Å². The van der Waals surface area contributed by atoms with E-state index in [4.69, 9.17) is 17.3 Å². The number of aromatic nitrogens is 2. The minimum absolute atomic E-state index is 0.473. The summed E-state index contributed by atoms with van der Waals surface area (Å²) in [7, 11) is 0. The van der Waals surface area contributed by atoms with Crippen LogP contribution in [0.4, 0.5) is 0 Å². The molecule has 0 spiro atoms. The molecule has 0 atom stereocenters. The van der Waals surface area contributed by atoms with Gasteiger partial charge in [0.05, 0.1) is 17.4 Å². The maximum atomic E-state index is 5.73. The molecule has 0 fully saturated rings. The number of H-pyrrole nitrogens is 1. The van der Waals surface area contributed by atoms with Gasteiger partial charge < -0.3 is 10.7 Å². The Labute approximate surface area is 80.2 Å². The zero-order chi connectivity index (χ0) is 9.42. The Balaban J connectivity index is 2.68. The molecular weight excluding hydrogens is 186 g/mol. The third-order valence-corrected chi connectivity index (χ3v) is 2.02. The average molecular weight is 194 g/mol. The molecular formula is C9H8ClN3. The Morgan fingerprint density at radius 2 is 2.31 bits per heavy atom. The van der Waals surface area contributed by atoms with Crippen molar-refractivity contribution in [3.05, 3.63) is 35.8 Å². The zero-order valence-corrected chi connectivity index (χ0v) is 7.60. The van der Waals surface area contributed by atoms with Crippen LogP contribution in [-0.4, -0.2) is 9.97 Å². The first-order chi connectivity index (χ1) is 6.16. The van der Waals surface area contributed by atoms with Gasteiger partial charge in [0.2, 0.25) is 0 Å². The van der Waals surface area contributed by atoms with Gasteiger partial charge in [-0.2, -0.15) is 0 Å². The highest BCUT2D eigenvalue weighted by Crippen LogP contribution is 2.19. The molecule has 0 unspecified atom stereocenters. The van der Waals surface area contributed by atoms with Crippen LogP contribution in [0.1, 0.15) is 5.69 Å². The number of nitrogens with zero attached hydrogens (tertiary/aromatic N) is 1. The molecule has 2 rings (SSSR count). The standard InChI is InChI=1S/C9H8ClN3/c1-5(11)7-2-6-3-9(10)12-4-8(6)13-7/h2-4,13H,1,11H2. The number of rotatable bonds is 1. The molecule has 0 aliphatic carbocycles. The zero-order valence-electron chi connectivity index (χ0n) is 6.84. The largest absolute Gasteiger partial charge is 0.398 e. The van der Waals surface area contributed by atoms with Gasteiger partial charge in [0.25, 0.3) is 0 Å². The monoisotopic (exact) mass is 193 g/mol. The Morgan fingerprint density at radius 3 is 3.00 bits per heavy atom. The van der Waals surface area contributed by atoms with Gasteiger partial charge in [0, 0.05) is 11.1 Å². The van der Waals surface area contributed by atoms with E-state index in [1.807, 2.05) is 6.07 Å². The van der Waals surface area contributed by atoms with Crippen molar-refractivity contribution in [2.45, 2.75) is 0 Å². The number of nitrogens with one attached hydrogen (secondary N) is 1. The van der Waals surface area contributed by atoms with Gasteiger partial charge in [-0.15, -0.1) is 0 Å². The second-order valence-corrected chi connectivity index (χ2v) is 3.19. The number of pyridine rings is 1. The fraction of sp³-hybridized carbons (Fsp3) is 0. The summed E-state index contributed by atoms with van der Waals surface area (Å²) < 4.78 is 0. The predicted molar refractivity (Wildman–Crippen MR) is 54.3 cm³/mol. The van der Waals surface area contributed by atoms with Gasteiger partial charge in [-0.3, -0.25) is 0 Å². The van der Waals surface area contributed by atoms with Crippen LogP contribution in [-0.2, 0) is 0 Å². The van der Waals surface area contributed by atoms with Gasteiger partial charge in [-0.25, -0.2) is 4.98 Å². The summed E-state index contributed by atoms with van der Waals surface area (Å²) in [5.74, 6) is 0. The Morgan fingerprint density at radius 1 is 1.54 bits per heavy atom. The molecule has 66 valence electrons. The number of nitrogens with two attached hydrogens (primary N) is 1. The van der Waals surface area contributed by atoms with Crippen molar-refractivity contribution in [3.63, 3.8) is 0 Å². The molecule has 2 aromatic rings. The third kappa shape index (κ3) is 1.38. The Hall–Kier alpha value is -1.48. The van der Waals surface area contributed by atoms with Crippen molar-refractivity contribution in [3.8, 4) is 0 Å². The van der Waals surface area contributed by atoms with Crippen LogP contribution >= 0.6 is 11.6 Å². The van der Waals surface area contributed by atoms with E-state index in [9.17, 15) is 0 Å². The number of halogens is 1. The number of fused-ring (bicyclic) bond motifs is 1. The Kier molecular flexibility index (Phi) is 1.74. The molecule has 3 N–H and O–H groups in total. The fourth-order valence-electron chi connectivity index (χ4n) is 1.18. The average Bonchev–Trinajstić information content (AvgIpc) is 2.46. The summed E-state index contributed by atoms with van der Waals surface area (Å²) in [6, 6.07) is 3.67. The summed E-state index contributed by atoms with van der Waals surface area (Å²) in [5.41, 5.74) is 7.76. The van der Waals surface area contributed by atoms with E-state index in [0.29, 0.717) is 10.9 Å². The first-order valence-corrected chi connectivity index (χ1v) is 4.13. The van der Waals surface area contributed by atoms with E-state index in [0.717, 1.165) is 16.6 Å². The SMILES string of the molecule is C=C(N)c1cc2cc(Cl)ncc2[nH]1. The van der Waals surface area contributed by atoms with Crippen molar-refractivity contribution >= 4 is 28.2 Å². The molecule has 3 nitrogen and oxygen atoms in total. The maximum Gasteiger partial charge on any atom is 0.129 e. The molecule has 2 heterocycles. The minimum Gasteiger partial charge on any atom is -0.398 e. The van der Waals surface area contributed by atoms with E-state index in [-0.39, 0.29) is 0 Å². The molecule has 0 radical (unpaired) electrons. The predicted octanol–water partition coefficient (Wildman–Crippen LogP) is 2.15. The van der Waals surface area contributed by atoms with Crippen molar-refractivity contribution in [1.82, 2.24) is 9.97 Å². The van der Waals surface area contributed by atoms with Crippen molar-refractivity contribution in [2.75, 3.05) is 0 Å². The lowest BCUT2D eigenvalue weighted by atomic mass is 10.3. The lowest BCUT2D eigenvalue weighted by Gasteiger charge is -1.90. The first-order valence-electron chi connectivity index (χ1n) is 3.76. The van der Waals surface area contributed by atoms with Crippen LogP contribution in [0.5, 0.6) is 0 Å². The molecule has 0 saturated carbocycles. The lowest BCUT2D eigenvalue weighted by molar-refractivity contribution is 1.32. The summed E-state index contributed by atoms with van der Waals surface area (Å²) in [5, 5.41) is 1.46.